The number of ether oxygens (including phenoxy) is 1. The van der Waals surface area contributed by atoms with Crippen molar-refractivity contribution in [2.24, 2.45) is 0 Å². The number of hydrogen-bond donors (Lipinski definition) is 1. The van der Waals surface area contributed by atoms with E-state index in [9.17, 15) is 4.79 Å². The second-order valence-corrected chi connectivity index (χ2v) is 7.45. The van der Waals surface area contributed by atoms with Gasteiger partial charge in [-0.3, -0.25) is 0 Å². The Hall–Kier alpha value is -2.09. The monoisotopic (exact) mass is 400 g/mol. The van der Waals surface area contributed by atoms with Gasteiger partial charge in [0, 0.05) is 10.3 Å². The predicted octanol–water partition coefficient (Wildman–Crippen LogP) is 5.63. The van der Waals surface area contributed by atoms with Crippen LogP contribution in [0.5, 0.6) is 0 Å². The molecule has 0 bridgehead atoms. The zero-order valence-corrected chi connectivity index (χ0v) is 18.9. The lowest BCUT2D eigenvalue weighted by Gasteiger charge is -2.32. The lowest BCUT2D eigenvalue weighted by atomic mass is 9.74. The molecule has 28 heavy (non-hydrogen) atoms. The van der Waals surface area contributed by atoms with Crippen LogP contribution in [0.15, 0.2) is 24.3 Å². The molecule has 0 fully saturated rings. The van der Waals surface area contributed by atoms with Crippen LogP contribution in [0, 0.1) is 25.7 Å². The number of carbonyl (C=O) groups excluding carboxylic acids is 1. The third-order valence-corrected chi connectivity index (χ3v) is 6.42. The molecular formula is C24H32O3S. The lowest BCUT2D eigenvalue weighted by Crippen LogP contribution is -2.25. The van der Waals surface area contributed by atoms with E-state index in [4.69, 9.17) is 9.84 Å². The smallest absolute Gasteiger partial charge is 0.338 e. The molecule has 0 saturated carbocycles. The minimum Gasteiger partial charge on any atom is -0.465 e. The first-order valence-electron chi connectivity index (χ1n) is 9.83. The summed E-state index contributed by atoms with van der Waals surface area (Å²) in [6, 6.07) is 8.22. The van der Waals surface area contributed by atoms with Crippen molar-refractivity contribution in [3.05, 3.63) is 56.3 Å². The fraction of sp³-hybridized carbons (Fsp3) is 0.458. The number of thiophene rings is 1. The molecule has 2 rings (SSSR count). The minimum atomic E-state index is -0.304. The van der Waals surface area contributed by atoms with Gasteiger partial charge in [0.05, 0.1) is 17.6 Å². The van der Waals surface area contributed by atoms with Gasteiger partial charge in [0.1, 0.15) is 6.61 Å². The first-order chi connectivity index (χ1) is 13.4. The molecule has 0 aliphatic carbocycles. The van der Waals surface area contributed by atoms with Gasteiger partial charge in [0.15, 0.2) is 0 Å². The van der Waals surface area contributed by atoms with Crippen LogP contribution in [0.25, 0.3) is 0 Å². The highest BCUT2D eigenvalue weighted by molar-refractivity contribution is 7.13. The third kappa shape index (κ3) is 4.84. The number of aryl methyl sites for hydroxylation is 2. The standard InChI is InChI=1S/C22H26O3S.C2H6/c1-6-22(7-2,20-14-16(4)19(26-20)9-8-12-23)17-10-11-18(15(3)13-17)21(24)25-5;1-2/h10-11,13-14,23H,6-7,12H2,1-5H3;1-2H3. The highest BCUT2D eigenvalue weighted by atomic mass is 32.1. The Labute approximate surface area is 173 Å². The average Bonchev–Trinajstić information content (AvgIpc) is 3.09. The number of hydrogen-bond acceptors (Lipinski definition) is 4. The maximum absolute atomic E-state index is 11.9. The molecule has 0 spiro atoms. The summed E-state index contributed by atoms with van der Waals surface area (Å²) in [5.41, 5.74) is 3.76. The van der Waals surface area contributed by atoms with Crippen molar-refractivity contribution >= 4 is 17.3 Å². The Kier molecular flexibility index (Phi) is 9.45. The molecule has 2 aromatic rings. The Bertz CT molecular complexity index is 848. The van der Waals surface area contributed by atoms with Gasteiger partial charge in [-0.05, 0) is 55.5 Å². The van der Waals surface area contributed by atoms with Crippen LogP contribution in [0.2, 0.25) is 0 Å². The molecule has 4 heteroatoms. The maximum Gasteiger partial charge on any atom is 0.338 e. The fourth-order valence-electron chi connectivity index (χ4n) is 3.41. The van der Waals surface area contributed by atoms with Gasteiger partial charge < -0.3 is 9.84 Å². The minimum absolute atomic E-state index is 0.117. The SMILES string of the molecule is CC.CCC(CC)(c1ccc(C(=O)OC)c(C)c1)c1cc(C)c(C#CCO)s1. The largest absolute Gasteiger partial charge is 0.465 e. The van der Waals surface area contributed by atoms with E-state index in [0.29, 0.717) is 5.56 Å². The summed E-state index contributed by atoms with van der Waals surface area (Å²) in [6.07, 6.45) is 1.90. The zero-order chi connectivity index (χ0) is 21.3. The van der Waals surface area contributed by atoms with Crippen molar-refractivity contribution in [2.45, 2.75) is 59.8 Å². The molecule has 1 N–H and O–H groups in total. The molecule has 1 aromatic carbocycles. The molecular weight excluding hydrogens is 368 g/mol. The molecule has 1 aromatic heterocycles. The molecule has 0 aliphatic heterocycles. The van der Waals surface area contributed by atoms with Crippen LogP contribution in [-0.4, -0.2) is 24.8 Å². The normalized spacial score (nSPS) is 10.4. The quantitative estimate of drug-likeness (QED) is 0.523. The van der Waals surface area contributed by atoms with Gasteiger partial charge in [-0.25, -0.2) is 4.79 Å². The fourth-order valence-corrected chi connectivity index (χ4v) is 4.81. The topological polar surface area (TPSA) is 46.5 Å². The summed E-state index contributed by atoms with van der Waals surface area (Å²) in [7, 11) is 1.40. The van der Waals surface area contributed by atoms with Crippen molar-refractivity contribution in [1.29, 1.82) is 0 Å². The molecule has 0 unspecified atom stereocenters. The van der Waals surface area contributed by atoms with Crippen LogP contribution in [0.1, 0.15) is 77.3 Å². The summed E-state index contributed by atoms with van der Waals surface area (Å²) >= 11 is 1.69. The predicted molar refractivity (Wildman–Crippen MR) is 118 cm³/mol. The Balaban J connectivity index is 0.00000190. The van der Waals surface area contributed by atoms with Gasteiger partial charge in [0.2, 0.25) is 0 Å². The van der Waals surface area contributed by atoms with Crippen LogP contribution in [-0.2, 0) is 10.2 Å². The molecule has 0 radical (unpaired) electrons. The average molecular weight is 401 g/mol. The Morgan fingerprint density at radius 2 is 1.79 bits per heavy atom. The summed E-state index contributed by atoms with van der Waals surface area (Å²) < 4.78 is 4.86. The Morgan fingerprint density at radius 1 is 1.14 bits per heavy atom. The van der Waals surface area contributed by atoms with Gasteiger partial charge in [-0.2, -0.15) is 0 Å². The second kappa shape index (κ2) is 11.0. The van der Waals surface area contributed by atoms with Crippen molar-refractivity contribution in [2.75, 3.05) is 13.7 Å². The van der Waals surface area contributed by atoms with Gasteiger partial charge >= 0.3 is 5.97 Å². The third-order valence-electron chi connectivity index (χ3n) is 5.06. The van der Waals surface area contributed by atoms with E-state index >= 15 is 0 Å². The van der Waals surface area contributed by atoms with E-state index in [2.05, 4.69) is 44.7 Å². The van der Waals surface area contributed by atoms with E-state index in [0.717, 1.165) is 28.8 Å². The molecule has 1 heterocycles. The first kappa shape index (κ1) is 23.9. The van der Waals surface area contributed by atoms with E-state index in [1.807, 2.05) is 32.9 Å². The van der Waals surface area contributed by atoms with Gasteiger partial charge in [-0.15, -0.1) is 11.3 Å². The molecule has 0 atom stereocenters. The number of aliphatic hydroxyl groups is 1. The maximum atomic E-state index is 11.9. The second-order valence-electron chi connectivity index (χ2n) is 6.39. The zero-order valence-electron chi connectivity index (χ0n) is 18.1. The summed E-state index contributed by atoms with van der Waals surface area (Å²) in [5.74, 6) is 5.50. The number of aliphatic hydroxyl groups excluding tert-OH is 1. The van der Waals surface area contributed by atoms with Crippen molar-refractivity contribution in [3.63, 3.8) is 0 Å². The van der Waals surface area contributed by atoms with E-state index in [-0.39, 0.29) is 18.0 Å². The van der Waals surface area contributed by atoms with E-state index in [1.54, 1.807) is 11.3 Å². The Morgan fingerprint density at radius 3 is 2.29 bits per heavy atom. The van der Waals surface area contributed by atoms with Crippen molar-refractivity contribution < 1.29 is 14.6 Å². The lowest BCUT2D eigenvalue weighted by molar-refractivity contribution is 0.0600. The first-order valence-corrected chi connectivity index (χ1v) is 10.6. The van der Waals surface area contributed by atoms with Gasteiger partial charge in [0.25, 0.3) is 0 Å². The molecule has 152 valence electrons. The molecule has 0 aliphatic rings. The van der Waals surface area contributed by atoms with Crippen LogP contribution < -0.4 is 0 Å². The number of rotatable bonds is 5. The molecule has 3 nitrogen and oxygen atoms in total. The summed E-state index contributed by atoms with van der Waals surface area (Å²) in [6.45, 7) is 12.3. The summed E-state index contributed by atoms with van der Waals surface area (Å²) in [4.78, 5) is 14.2. The van der Waals surface area contributed by atoms with E-state index < -0.39 is 0 Å². The highest BCUT2D eigenvalue weighted by Gasteiger charge is 2.33. The number of benzene rings is 1. The van der Waals surface area contributed by atoms with Crippen LogP contribution in [0.4, 0.5) is 0 Å². The molecule has 0 amide bonds. The number of methoxy groups -OCH3 is 1. The highest BCUT2D eigenvalue weighted by Crippen LogP contribution is 2.43. The van der Waals surface area contributed by atoms with Crippen LogP contribution >= 0.6 is 11.3 Å². The van der Waals surface area contributed by atoms with Gasteiger partial charge in [-0.1, -0.05) is 51.7 Å². The number of esters is 1. The summed E-state index contributed by atoms with van der Waals surface area (Å²) in [5, 5.41) is 8.97. The van der Waals surface area contributed by atoms with Crippen LogP contribution in [0.3, 0.4) is 0 Å². The number of carbonyl (C=O) groups is 1. The van der Waals surface area contributed by atoms with Crippen molar-refractivity contribution in [1.82, 2.24) is 0 Å². The molecule has 0 saturated heterocycles. The van der Waals surface area contributed by atoms with Crippen molar-refractivity contribution in [3.8, 4) is 11.8 Å². The van der Waals surface area contributed by atoms with E-state index in [1.165, 1.54) is 17.6 Å².